The number of nitrogens with one attached hydrogen (secondary N) is 2. The zero-order valence-electron chi connectivity index (χ0n) is 21.3. The van der Waals surface area contributed by atoms with Gasteiger partial charge < -0.3 is 29.9 Å². The fraction of sp³-hybridized carbons (Fsp3) is 0.833. The number of rotatable bonds is 0. The third-order valence-corrected chi connectivity index (χ3v) is 6.36. The summed E-state index contributed by atoms with van der Waals surface area (Å²) in [6.07, 6.45) is 2.18. The van der Waals surface area contributed by atoms with Gasteiger partial charge in [0.2, 0.25) is 11.8 Å². The molecule has 10 nitrogen and oxygen atoms in total. The van der Waals surface area contributed by atoms with Crippen molar-refractivity contribution >= 4 is 24.0 Å². The Labute approximate surface area is 202 Å². The van der Waals surface area contributed by atoms with Crippen molar-refractivity contribution in [1.82, 2.24) is 20.4 Å². The lowest BCUT2D eigenvalue weighted by Gasteiger charge is -2.35. The van der Waals surface area contributed by atoms with Crippen LogP contribution in [-0.2, 0) is 19.1 Å². The van der Waals surface area contributed by atoms with Gasteiger partial charge in [0.05, 0.1) is 0 Å². The van der Waals surface area contributed by atoms with Gasteiger partial charge in [0, 0.05) is 62.9 Å². The second kappa shape index (κ2) is 10.00. The van der Waals surface area contributed by atoms with Gasteiger partial charge in [-0.2, -0.15) is 0 Å². The third kappa shape index (κ3) is 7.24. The second-order valence-corrected chi connectivity index (χ2v) is 11.7. The van der Waals surface area contributed by atoms with Gasteiger partial charge >= 0.3 is 12.2 Å². The summed E-state index contributed by atoms with van der Waals surface area (Å²) in [4.78, 5) is 49.7. The Morgan fingerprint density at radius 3 is 1.41 bits per heavy atom. The first-order chi connectivity index (χ1) is 15.7. The van der Waals surface area contributed by atoms with E-state index in [1.54, 1.807) is 9.80 Å². The minimum Gasteiger partial charge on any atom is -0.444 e. The van der Waals surface area contributed by atoms with E-state index < -0.39 is 11.2 Å². The van der Waals surface area contributed by atoms with Crippen molar-refractivity contribution in [2.24, 2.45) is 11.8 Å². The number of nitrogens with zero attached hydrogens (tertiary/aromatic N) is 2. The summed E-state index contributed by atoms with van der Waals surface area (Å²) >= 11 is 0. The Morgan fingerprint density at radius 2 is 1.09 bits per heavy atom. The molecule has 10 heteroatoms. The first kappa shape index (κ1) is 26.1. The molecular weight excluding hydrogens is 440 g/mol. The molecule has 4 amide bonds. The number of hydrogen-bond acceptors (Lipinski definition) is 6. The van der Waals surface area contributed by atoms with Crippen LogP contribution in [0.1, 0.15) is 67.2 Å². The SMILES string of the molecule is CC(C)(C)OC(=O)N1CC[C@@H]2NC(=O)C[C@@H]2C1.CC(C)(C)OC(=O)N1CC[C@H]2NC(=O)C[C@H]2C1. The predicted octanol–water partition coefficient (Wildman–Crippen LogP) is 2.26. The van der Waals surface area contributed by atoms with E-state index in [1.165, 1.54) is 0 Å². The van der Waals surface area contributed by atoms with E-state index in [9.17, 15) is 19.2 Å². The van der Waals surface area contributed by atoms with Crippen LogP contribution in [0.3, 0.4) is 0 Å². The average Bonchev–Trinajstić information content (AvgIpc) is 3.24. The maximum absolute atomic E-state index is 11.9. The molecule has 4 aliphatic rings. The van der Waals surface area contributed by atoms with Gasteiger partial charge in [0.25, 0.3) is 0 Å². The predicted molar refractivity (Wildman–Crippen MR) is 125 cm³/mol. The number of likely N-dealkylation sites (tertiary alicyclic amines) is 2. The summed E-state index contributed by atoms with van der Waals surface area (Å²) in [5.41, 5.74) is -0.921. The lowest BCUT2D eigenvalue weighted by molar-refractivity contribution is -0.120. The van der Waals surface area contributed by atoms with Crippen LogP contribution in [0.4, 0.5) is 9.59 Å². The molecule has 0 aromatic carbocycles. The molecule has 4 saturated heterocycles. The van der Waals surface area contributed by atoms with Gasteiger partial charge in [0.15, 0.2) is 0 Å². The minimum absolute atomic E-state index is 0.103. The van der Waals surface area contributed by atoms with Gasteiger partial charge in [-0.05, 0) is 54.4 Å². The van der Waals surface area contributed by atoms with Crippen molar-refractivity contribution in [3.63, 3.8) is 0 Å². The number of carbonyl (C=O) groups is 4. The molecule has 4 rings (SSSR count). The van der Waals surface area contributed by atoms with Crippen molar-refractivity contribution < 1.29 is 28.7 Å². The highest BCUT2D eigenvalue weighted by Crippen LogP contribution is 2.27. The van der Waals surface area contributed by atoms with Gasteiger partial charge in [-0.25, -0.2) is 9.59 Å². The first-order valence-corrected chi connectivity index (χ1v) is 12.2. The van der Waals surface area contributed by atoms with Crippen LogP contribution in [0.5, 0.6) is 0 Å². The van der Waals surface area contributed by atoms with E-state index in [1.807, 2.05) is 41.5 Å². The number of piperidine rings is 2. The lowest BCUT2D eigenvalue weighted by atomic mass is 9.93. The topological polar surface area (TPSA) is 117 Å². The molecule has 0 radical (unpaired) electrons. The molecule has 0 bridgehead atoms. The molecular formula is C24H40N4O6. The zero-order valence-corrected chi connectivity index (χ0v) is 21.3. The molecule has 2 N–H and O–H groups in total. The fourth-order valence-electron chi connectivity index (χ4n) is 4.85. The molecule has 192 valence electrons. The Balaban J connectivity index is 0.000000191. The molecule has 4 aliphatic heterocycles. The van der Waals surface area contributed by atoms with Crippen LogP contribution in [0.2, 0.25) is 0 Å². The van der Waals surface area contributed by atoms with Gasteiger partial charge in [-0.15, -0.1) is 0 Å². The van der Waals surface area contributed by atoms with Crippen LogP contribution in [0.15, 0.2) is 0 Å². The van der Waals surface area contributed by atoms with Crippen LogP contribution in [0.25, 0.3) is 0 Å². The number of ether oxygens (including phenoxy) is 2. The summed E-state index contributed by atoms with van der Waals surface area (Å²) in [5.74, 6) is 0.713. The highest BCUT2D eigenvalue weighted by atomic mass is 16.6. The molecule has 0 spiro atoms. The van der Waals surface area contributed by atoms with Crippen molar-refractivity contribution in [3.8, 4) is 0 Å². The fourth-order valence-corrected chi connectivity index (χ4v) is 4.85. The van der Waals surface area contributed by atoms with Crippen molar-refractivity contribution in [3.05, 3.63) is 0 Å². The van der Waals surface area contributed by atoms with Crippen LogP contribution >= 0.6 is 0 Å². The monoisotopic (exact) mass is 480 g/mol. The van der Waals surface area contributed by atoms with E-state index >= 15 is 0 Å². The molecule has 4 fully saturated rings. The van der Waals surface area contributed by atoms with E-state index in [0.717, 1.165) is 12.8 Å². The van der Waals surface area contributed by atoms with Crippen LogP contribution in [-0.4, -0.2) is 83.3 Å². The minimum atomic E-state index is -0.461. The normalized spacial score (nSPS) is 28.6. The molecule has 0 aliphatic carbocycles. The Kier molecular flexibility index (Phi) is 7.67. The van der Waals surface area contributed by atoms with Crippen molar-refractivity contribution in [1.29, 1.82) is 0 Å². The zero-order chi connectivity index (χ0) is 25.3. The van der Waals surface area contributed by atoms with Gasteiger partial charge in [-0.3, -0.25) is 9.59 Å². The summed E-state index contributed by atoms with van der Waals surface area (Å²) in [6, 6.07) is 0.502. The number of carbonyl (C=O) groups excluding carboxylic acids is 4. The molecule has 34 heavy (non-hydrogen) atoms. The number of amides is 4. The molecule has 4 heterocycles. The molecule has 0 aromatic rings. The average molecular weight is 481 g/mol. The molecule has 0 unspecified atom stereocenters. The van der Waals surface area contributed by atoms with E-state index in [0.29, 0.717) is 39.0 Å². The van der Waals surface area contributed by atoms with Crippen molar-refractivity contribution in [2.75, 3.05) is 26.2 Å². The highest BCUT2D eigenvalue weighted by molar-refractivity contribution is 5.80. The van der Waals surface area contributed by atoms with E-state index in [4.69, 9.17) is 9.47 Å². The van der Waals surface area contributed by atoms with Crippen LogP contribution < -0.4 is 10.6 Å². The lowest BCUT2D eigenvalue weighted by Crippen LogP contribution is -2.48. The smallest absolute Gasteiger partial charge is 0.410 e. The Hall–Kier alpha value is -2.52. The summed E-state index contributed by atoms with van der Waals surface area (Å²) in [7, 11) is 0. The maximum atomic E-state index is 11.9. The van der Waals surface area contributed by atoms with Crippen LogP contribution in [0, 0.1) is 11.8 Å². The Bertz CT molecular complexity index is 736. The second-order valence-electron chi connectivity index (χ2n) is 11.7. The number of hydrogen-bond donors (Lipinski definition) is 2. The van der Waals surface area contributed by atoms with Gasteiger partial charge in [-0.1, -0.05) is 0 Å². The summed E-state index contributed by atoms with van der Waals surface area (Å²) < 4.78 is 10.7. The van der Waals surface area contributed by atoms with Gasteiger partial charge in [0.1, 0.15) is 11.2 Å². The molecule has 4 atom stereocenters. The molecule has 0 aromatic heterocycles. The standard InChI is InChI=1S/2C12H20N2O3/c2*1-12(2,3)17-11(16)14-5-4-9-8(7-14)6-10(15)13-9/h2*8-9H,4-7H2,1-3H3,(H,13,15)/t2*8-,9+/m10/s1. The number of fused-ring (bicyclic) bond motifs is 2. The maximum Gasteiger partial charge on any atom is 0.410 e. The van der Waals surface area contributed by atoms with Crippen molar-refractivity contribution in [2.45, 2.75) is 90.5 Å². The highest BCUT2D eigenvalue weighted by Gasteiger charge is 2.40. The summed E-state index contributed by atoms with van der Waals surface area (Å²) in [5, 5.41) is 5.89. The third-order valence-electron chi connectivity index (χ3n) is 6.36. The summed E-state index contributed by atoms with van der Waals surface area (Å²) in [6.45, 7) is 13.7. The first-order valence-electron chi connectivity index (χ1n) is 12.2. The van der Waals surface area contributed by atoms with E-state index in [2.05, 4.69) is 10.6 Å². The Morgan fingerprint density at radius 1 is 0.735 bits per heavy atom. The largest absolute Gasteiger partial charge is 0.444 e. The van der Waals surface area contributed by atoms with E-state index in [-0.39, 0.29) is 47.9 Å². The quantitative estimate of drug-likeness (QED) is 0.549. The molecule has 0 saturated carbocycles.